The third-order valence-corrected chi connectivity index (χ3v) is 5.58. The molecule has 3 rings (SSSR count). The average Bonchev–Trinajstić information content (AvgIpc) is 2.64. The number of nitrogens with zero attached hydrogens (tertiary/aromatic N) is 1. The first-order valence-electron chi connectivity index (χ1n) is 8.51. The van der Waals surface area contributed by atoms with Gasteiger partial charge in [0.25, 0.3) is 10.1 Å². The number of morpholine rings is 1. The minimum atomic E-state index is -4.80. The van der Waals surface area contributed by atoms with Gasteiger partial charge < -0.3 is 9.64 Å². The molecule has 1 heterocycles. The Morgan fingerprint density at radius 3 is 2.33 bits per heavy atom. The summed E-state index contributed by atoms with van der Waals surface area (Å²) in [5, 5.41) is -1.95. The van der Waals surface area contributed by atoms with Crippen molar-refractivity contribution in [1.29, 1.82) is 0 Å². The van der Waals surface area contributed by atoms with E-state index in [2.05, 4.69) is 4.90 Å². The molecule has 0 aromatic heterocycles. The predicted molar refractivity (Wildman–Crippen MR) is 98.9 cm³/mol. The Hall–Kier alpha value is -2.29. The molecule has 0 amide bonds. The Balaban J connectivity index is 1.79. The number of hydrogen-bond acceptors (Lipinski definition) is 5. The van der Waals surface area contributed by atoms with Crippen molar-refractivity contribution in [2.45, 2.75) is 11.7 Å². The lowest BCUT2D eigenvalue weighted by Crippen LogP contribution is -2.36. The fraction of sp³-hybridized carbons (Fsp3) is 0.316. The van der Waals surface area contributed by atoms with E-state index in [0.717, 1.165) is 24.8 Å². The molecule has 1 aliphatic rings. The van der Waals surface area contributed by atoms with E-state index < -0.39 is 27.0 Å². The summed E-state index contributed by atoms with van der Waals surface area (Å²) in [6.07, 6.45) is -0.234. The number of carbonyl (C=O) groups excluding carboxylic acids is 1. The predicted octanol–water partition coefficient (Wildman–Crippen LogP) is 2.40. The van der Waals surface area contributed by atoms with E-state index in [0.29, 0.717) is 18.8 Å². The first-order chi connectivity index (χ1) is 12.9. The number of carbonyl (C=O) groups is 1. The van der Waals surface area contributed by atoms with Crippen LogP contribution in [0, 0.1) is 5.82 Å². The zero-order chi connectivity index (χ0) is 19.4. The highest BCUT2D eigenvalue weighted by Crippen LogP contribution is 2.27. The third kappa shape index (κ3) is 4.71. The van der Waals surface area contributed by atoms with Crippen LogP contribution < -0.4 is 4.90 Å². The zero-order valence-corrected chi connectivity index (χ0v) is 15.4. The molecule has 0 radical (unpaired) electrons. The van der Waals surface area contributed by atoms with Gasteiger partial charge in [-0.1, -0.05) is 30.3 Å². The molecule has 2 aromatic rings. The van der Waals surface area contributed by atoms with Gasteiger partial charge in [0.2, 0.25) is 0 Å². The van der Waals surface area contributed by atoms with E-state index in [1.54, 1.807) is 12.1 Å². The monoisotopic (exact) mass is 393 g/mol. The number of ketones is 1. The Bertz CT molecular complexity index is 908. The van der Waals surface area contributed by atoms with Crippen LogP contribution in [-0.4, -0.2) is 45.1 Å². The van der Waals surface area contributed by atoms with Gasteiger partial charge in [-0.2, -0.15) is 8.42 Å². The molecule has 6 nitrogen and oxygen atoms in total. The Morgan fingerprint density at radius 1 is 1.11 bits per heavy atom. The van der Waals surface area contributed by atoms with Crippen molar-refractivity contribution in [2.75, 3.05) is 31.2 Å². The Labute approximate surface area is 157 Å². The molecular weight excluding hydrogens is 373 g/mol. The van der Waals surface area contributed by atoms with Gasteiger partial charge in [-0.15, -0.1) is 0 Å². The van der Waals surface area contributed by atoms with E-state index in [4.69, 9.17) is 4.74 Å². The van der Waals surface area contributed by atoms with Crippen LogP contribution in [0.5, 0.6) is 0 Å². The minimum Gasteiger partial charge on any atom is -0.378 e. The molecule has 8 heteroatoms. The van der Waals surface area contributed by atoms with Crippen LogP contribution in [0.3, 0.4) is 0 Å². The lowest BCUT2D eigenvalue weighted by Gasteiger charge is -2.28. The van der Waals surface area contributed by atoms with Gasteiger partial charge in [-0.05, 0) is 23.8 Å². The number of halogens is 1. The molecule has 1 N–H and O–H groups in total. The van der Waals surface area contributed by atoms with Crippen molar-refractivity contribution in [1.82, 2.24) is 0 Å². The topological polar surface area (TPSA) is 83.9 Å². The molecule has 2 aromatic carbocycles. The number of benzene rings is 2. The van der Waals surface area contributed by atoms with Crippen molar-refractivity contribution in [3.05, 3.63) is 65.5 Å². The maximum atomic E-state index is 14.0. The summed E-state index contributed by atoms with van der Waals surface area (Å²) >= 11 is 0. The summed E-state index contributed by atoms with van der Waals surface area (Å²) in [5.74, 6) is -1.64. The summed E-state index contributed by atoms with van der Waals surface area (Å²) in [6.45, 7) is 2.85. The Kier molecular flexibility index (Phi) is 5.88. The van der Waals surface area contributed by atoms with E-state index in [1.165, 1.54) is 18.2 Å². The molecule has 1 atom stereocenters. The first kappa shape index (κ1) is 19.5. The summed E-state index contributed by atoms with van der Waals surface area (Å²) in [5.41, 5.74) is 1.21. The number of hydrogen-bond donors (Lipinski definition) is 1. The number of ether oxygens (including phenoxy) is 1. The molecule has 1 aliphatic heterocycles. The van der Waals surface area contributed by atoms with Crippen LogP contribution in [0.4, 0.5) is 10.1 Å². The van der Waals surface area contributed by atoms with Crippen molar-refractivity contribution in [2.24, 2.45) is 0 Å². The van der Waals surface area contributed by atoms with Gasteiger partial charge in [0.1, 0.15) is 5.82 Å². The van der Waals surface area contributed by atoms with Crippen LogP contribution in [0.15, 0.2) is 48.5 Å². The molecule has 0 spiro atoms. The minimum absolute atomic E-state index is 0.234. The summed E-state index contributed by atoms with van der Waals surface area (Å²) in [4.78, 5) is 14.7. The van der Waals surface area contributed by atoms with Gasteiger partial charge in [0.05, 0.1) is 13.2 Å². The second kappa shape index (κ2) is 8.16. The highest BCUT2D eigenvalue weighted by Gasteiger charge is 2.34. The molecule has 1 fully saturated rings. The van der Waals surface area contributed by atoms with Gasteiger partial charge in [0.15, 0.2) is 11.0 Å². The number of Topliss-reactive ketones (excluding diaryl/α,β-unsaturated/α-hetero) is 1. The van der Waals surface area contributed by atoms with Gasteiger partial charge in [0, 0.05) is 30.8 Å². The summed E-state index contributed by atoms with van der Waals surface area (Å²) in [6, 6.07) is 12.2. The highest BCUT2D eigenvalue weighted by molar-refractivity contribution is 7.86. The van der Waals surface area contributed by atoms with Crippen molar-refractivity contribution < 1.29 is 26.9 Å². The van der Waals surface area contributed by atoms with Crippen LogP contribution in [0.25, 0.3) is 0 Å². The normalized spacial score (nSPS) is 16.1. The second-order valence-corrected chi connectivity index (χ2v) is 7.83. The second-order valence-electron chi connectivity index (χ2n) is 6.33. The standard InChI is InChI=1S/C19H20FNO5S/c20-17-4-2-1-3-16(17)19(27(23,24)25)18(22)13-14-5-7-15(8-6-14)21-9-11-26-12-10-21/h1-8,19H,9-13H2,(H,23,24,25). The molecular formula is C19H20FNO5S. The zero-order valence-electron chi connectivity index (χ0n) is 14.5. The fourth-order valence-corrected chi connectivity index (χ4v) is 4.06. The molecule has 0 bridgehead atoms. The van der Waals surface area contributed by atoms with Gasteiger partial charge in [-0.3, -0.25) is 9.35 Å². The molecule has 1 saturated heterocycles. The number of rotatable bonds is 6. The van der Waals surface area contributed by atoms with E-state index in [1.807, 2.05) is 12.1 Å². The third-order valence-electron chi connectivity index (χ3n) is 4.47. The molecule has 1 unspecified atom stereocenters. The highest BCUT2D eigenvalue weighted by atomic mass is 32.2. The molecule has 0 aliphatic carbocycles. The lowest BCUT2D eigenvalue weighted by molar-refractivity contribution is -0.118. The van der Waals surface area contributed by atoms with Crippen LogP contribution in [-0.2, 0) is 26.1 Å². The van der Waals surface area contributed by atoms with Crippen molar-refractivity contribution in [3.63, 3.8) is 0 Å². The van der Waals surface area contributed by atoms with Crippen LogP contribution in [0.1, 0.15) is 16.4 Å². The quantitative estimate of drug-likeness (QED) is 0.759. The largest absolute Gasteiger partial charge is 0.378 e. The molecule has 0 saturated carbocycles. The number of anilines is 1. The first-order valence-corrected chi connectivity index (χ1v) is 10.0. The maximum absolute atomic E-state index is 14.0. The van der Waals surface area contributed by atoms with Crippen molar-refractivity contribution in [3.8, 4) is 0 Å². The van der Waals surface area contributed by atoms with Crippen molar-refractivity contribution >= 4 is 21.6 Å². The van der Waals surface area contributed by atoms with Gasteiger partial charge in [-0.25, -0.2) is 4.39 Å². The van der Waals surface area contributed by atoms with E-state index in [9.17, 15) is 22.2 Å². The smallest absolute Gasteiger partial charge is 0.279 e. The SMILES string of the molecule is O=C(Cc1ccc(N2CCOCC2)cc1)C(c1ccccc1F)S(=O)(=O)O. The summed E-state index contributed by atoms with van der Waals surface area (Å²) < 4.78 is 52.2. The van der Waals surface area contributed by atoms with Gasteiger partial charge >= 0.3 is 0 Å². The fourth-order valence-electron chi connectivity index (χ4n) is 3.13. The summed E-state index contributed by atoms with van der Waals surface area (Å²) in [7, 11) is -4.80. The maximum Gasteiger partial charge on any atom is 0.279 e. The van der Waals surface area contributed by atoms with E-state index in [-0.39, 0.29) is 12.0 Å². The Morgan fingerprint density at radius 2 is 1.74 bits per heavy atom. The molecule has 144 valence electrons. The lowest BCUT2D eigenvalue weighted by atomic mass is 10.0. The van der Waals surface area contributed by atoms with E-state index >= 15 is 0 Å². The van der Waals surface area contributed by atoms with Crippen LogP contribution in [0.2, 0.25) is 0 Å². The average molecular weight is 393 g/mol. The molecule has 27 heavy (non-hydrogen) atoms. The van der Waals surface area contributed by atoms with Crippen LogP contribution >= 0.6 is 0 Å².